The zero-order valence-corrected chi connectivity index (χ0v) is 11.1. The van der Waals surface area contributed by atoms with Crippen LogP contribution in [0.4, 0.5) is 0 Å². The van der Waals surface area contributed by atoms with Crippen LogP contribution in [-0.2, 0) is 19.1 Å². The maximum Gasteiger partial charge on any atom is 0.335 e. The van der Waals surface area contributed by atoms with E-state index < -0.39 is 12.0 Å². The third-order valence-electron chi connectivity index (χ3n) is 3.08. The van der Waals surface area contributed by atoms with Crippen molar-refractivity contribution >= 4 is 11.8 Å². The number of nitrogens with one attached hydrogen (secondary N) is 1. The van der Waals surface area contributed by atoms with E-state index >= 15 is 0 Å². The van der Waals surface area contributed by atoms with Crippen molar-refractivity contribution in [3.05, 3.63) is 47.6 Å². The third kappa shape index (κ3) is 2.74. The predicted molar refractivity (Wildman–Crippen MR) is 70.5 cm³/mol. The molecule has 0 spiro atoms. The summed E-state index contributed by atoms with van der Waals surface area (Å²) in [6.45, 7) is 0. The Morgan fingerprint density at radius 1 is 1.40 bits per heavy atom. The summed E-state index contributed by atoms with van der Waals surface area (Å²) in [7, 11) is 2.59. The van der Waals surface area contributed by atoms with Crippen molar-refractivity contribution in [2.45, 2.75) is 6.04 Å². The molecule has 0 saturated carbocycles. The van der Waals surface area contributed by atoms with Gasteiger partial charge in [0, 0.05) is 23.8 Å². The van der Waals surface area contributed by atoms with Crippen molar-refractivity contribution < 1.29 is 24.2 Å². The molecule has 2 aliphatic rings. The molecular formula is C14H15NO5. The Morgan fingerprint density at radius 3 is 2.80 bits per heavy atom. The molecule has 2 N–H and O–H groups in total. The molecule has 0 saturated heterocycles. The minimum absolute atomic E-state index is 0.127. The number of hydrogen-bond acceptors (Lipinski definition) is 6. The van der Waals surface area contributed by atoms with Crippen LogP contribution in [0.3, 0.4) is 0 Å². The van der Waals surface area contributed by atoms with Gasteiger partial charge in [-0.15, -0.1) is 0 Å². The highest BCUT2D eigenvalue weighted by molar-refractivity contribution is 6.01. The molecule has 1 aliphatic heterocycles. The van der Waals surface area contributed by atoms with Crippen molar-refractivity contribution in [1.82, 2.24) is 5.32 Å². The smallest absolute Gasteiger partial charge is 0.335 e. The van der Waals surface area contributed by atoms with Crippen molar-refractivity contribution in [2.24, 2.45) is 5.92 Å². The van der Waals surface area contributed by atoms with E-state index in [0.29, 0.717) is 11.3 Å². The number of ketones is 1. The zero-order chi connectivity index (χ0) is 14.7. The standard InChI is InChI=1S/C14H15NO5/c1-19-13(17)7-12-10(14(18)20-2)5-8-3-4-9(16)6-11(8)15-12/h3-8,12,15,17H,1-2H3/b13-7-. The number of ether oxygens (including phenoxy) is 2. The van der Waals surface area contributed by atoms with Crippen molar-refractivity contribution in [1.29, 1.82) is 0 Å². The van der Waals surface area contributed by atoms with Gasteiger partial charge in [0.15, 0.2) is 5.78 Å². The van der Waals surface area contributed by atoms with Gasteiger partial charge in [0.05, 0.1) is 25.8 Å². The van der Waals surface area contributed by atoms with E-state index in [-0.39, 0.29) is 17.6 Å². The second kappa shape index (κ2) is 5.64. The Bertz CT molecular complexity index is 556. The first-order valence-corrected chi connectivity index (χ1v) is 6.00. The molecule has 2 unspecified atom stereocenters. The van der Waals surface area contributed by atoms with E-state index in [4.69, 9.17) is 4.74 Å². The van der Waals surface area contributed by atoms with Gasteiger partial charge in [-0.05, 0) is 6.08 Å². The number of esters is 1. The van der Waals surface area contributed by atoms with E-state index in [1.54, 1.807) is 12.2 Å². The summed E-state index contributed by atoms with van der Waals surface area (Å²) >= 11 is 0. The first-order valence-electron chi connectivity index (χ1n) is 6.00. The SMILES string of the molecule is COC(=O)C1=CC2C=CC(=O)C=C2NC1/C=C(/O)OC. The Hall–Kier alpha value is -2.50. The van der Waals surface area contributed by atoms with Gasteiger partial charge in [-0.3, -0.25) is 4.79 Å². The fourth-order valence-electron chi connectivity index (χ4n) is 2.09. The van der Waals surface area contributed by atoms with Crippen molar-refractivity contribution in [2.75, 3.05) is 14.2 Å². The number of rotatable bonds is 3. The number of aliphatic hydroxyl groups is 1. The Balaban J connectivity index is 2.39. The number of aliphatic hydroxyl groups excluding tert-OH is 1. The second-order valence-corrected chi connectivity index (χ2v) is 4.33. The first kappa shape index (κ1) is 13.9. The van der Waals surface area contributed by atoms with Crippen LogP contribution < -0.4 is 5.32 Å². The summed E-state index contributed by atoms with van der Waals surface area (Å²) in [5.74, 6) is -1.14. The summed E-state index contributed by atoms with van der Waals surface area (Å²) in [6.07, 6.45) is 7.64. The van der Waals surface area contributed by atoms with E-state index in [0.717, 1.165) is 0 Å². The van der Waals surface area contributed by atoms with E-state index in [2.05, 4.69) is 10.1 Å². The van der Waals surface area contributed by atoms with Crippen LogP contribution in [0.25, 0.3) is 0 Å². The Kier molecular flexibility index (Phi) is 3.93. The van der Waals surface area contributed by atoms with E-state index in [9.17, 15) is 14.7 Å². The lowest BCUT2D eigenvalue weighted by molar-refractivity contribution is -0.136. The minimum atomic E-state index is -0.621. The quantitative estimate of drug-likeness (QED) is 0.584. The van der Waals surface area contributed by atoms with Gasteiger partial charge in [0.1, 0.15) is 0 Å². The molecule has 0 aromatic carbocycles. The number of carbonyl (C=O) groups excluding carboxylic acids is 2. The minimum Gasteiger partial charge on any atom is -0.481 e. The molecule has 0 amide bonds. The summed E-state index contributed by atoms with van der Waals surface area (Å²) in [5, 5.41) is 12.5. The van der Waals surface area contributed by atoms with Crippen molar-refractivity contribution in [3.8, 4) is 0 Å². The third-order valence-corrected chi connectivity index (χ3v) is 3.08. The van der Waals surface area contributed by atoms with Gasteiger partial charge in [0.25, 0.3) is 5.95 Å². The number of allylic oxidation sites excluding steroid dienone is 3. The van der Waals surface area contributed by atoms with Crippen LogP contribution in [0.1, 0.15) is 0 Å². The van der Waals surface area contributed by atoms with Crippen LogP contribution in [0.15, 0.2) is 47.6 Å². The second-order valence-electron chi connectivity index (χ2n) is 4.33. The van der Waals surface area contributed by atoms with Gasteiger partial charge in [0.2, 0.25) is 0 Å². The van der Waals surface area contributed by atoms with E-state index in [1.165, 1.54) is 32.4 Å². The monoisotopic (exact) mass is 277 g/mol. The highest BCUT2D eigenvalue weighted by Crippen LogP contribution is 2.27. The van der Waals surface area contributed by atoms with Crippen LogP contribution in [-0.4, -0.2) is 37.1 Å². The molecule has 6 heteroatoms. The van der Waals surface area contributed by atoms with Gasteiger partial charge in [-0.25, -0.2) is 4.79 Å². The maximum atomic E-state index is 11.8. The largest absolute Gasteiger partial charge is 0.481 e. The van der Waals surface area contributed by atoms with Gasteiger partial charge in [-0.1, -0.05) is 12.2 Å². The lowest BCUT2D eigenvalue weighted by atomic mass is 9.88. The molecule has 2 atom stereocenters. The molecule has 2 rings (SSSR count). The summed E-state index contributed by atoms with van der Waals surface area (Å²) in [6, 6.07) is -0.621. The van der Waals surface area contributed by atoms with Crippen LogP contribution in [0, 0.1) is 5.92 Å². The van der Waals surface area contributed by atoms with Gasteiger partial charge >= 0.3 is 5.97 Å². The predicted octanol–water partition coefficient (Wildman–Crippen LogP) is 0.742. The molecule has 0 aromatic rings. The van der Waals surface area contributed by atoms with Crippen molar-refractivity contribution in [3.63, 3.8) is 0 Å². The molecule has 1 aliphatic carbocycles. The molecule has 20 heavy (non-hydrogen) atoms. The molecule has 106 valence electrons. The summed E-state index contributed by atoms with van der Waals surface area (Å²) < 4.78 is 9.40. The normalized spacial score (nSPS) is 25.1. The number of methoxy groups -OCH3 is 2. The first-order chi connectivity index (χ1) is 9.55. The Morgan fingerprint density at radius 2 is 2.15 bits per heavy atom. The maximum absolute atomic E-state index is 11.8. The summed E-state index contributed by atoms with van der Waals surface area (Å²) in [4.78, 5) is 23.2. The van der Waals surface area contributed by atoms with Crippen LogP contribution in [0.2, 0.25) is 0 Å². The highest BCUT2D eigenvalue weighted by atomic mass is 16.6. The van der Waals surface area contributed by atoms with Gasteiger partial charge < -0.3 is 19.9 Å². The molecule has 0 fully saturated rings. The fraction of sp³-hybridized carbons (Fsp3) is 0.286. The molecular weight excluding hydrogens is 262 g/mol. The number of hydrogen-bond donors (Lipinski definition) is 2. The number of fused-ring (bicyclic) bond motifs is 1. The average Bonchev–Trinajstić information content (AvgIpc) is 2.45. The lowest BCUT2D eigenvalue weighted by Gasteiger charge is -2.30. The highest BCUT2D eigenvalue weighted by Gasteiger charge is 2.30. The molecule has 0 aromatic heterocycles. The summed E-state index contributed by atoms with van der Waals surface area (Å²) in [5.41, 5.74) is 1.01. The molecule has 1 heterocycles. The molecule has 6 nitrogen and oxygen atoms in total. The Labute approximate surface area is 116 Å². The van der Waals surface area contributed by atoms with Crippen LogP contribution >= 0.6 is 0 Å². The molecule has 0 radical (unpaired) electrons. The zero-order valence-electron chi connectivity index (χ0n) is 11.1. The topological polar surface area (TPSA) is 84.9 Å². The molecule has 0 bridgehead atoms. The van der Waals surface area contributed by atoms with Crippen LogP contribution in [0.5, 0.6) is 0 Å². The lowest BCUT2D eigenvalue weighted by Crippen LogP contribution is -2.39. The van der Waals surface area contributed by atoms with E-state index in [1.807, 2.05) is 0 Å². The van der Waals surface area contributed by atoms with Gasteiger partial charge in [-0.2, -0.15) is 0 Å². The number of carbonyl (C=O) groups is 2. The average molecular weight is 277 g/mol. The fourth-order valence-corrected chi connectivity index (χ4v) is 2.09.